The number of alkyl halides is 4. The van der Waals surface area contributed by atoms with E-state index in [1.165, 1.54) is 30.9 Å². The van der Waals surface area contributed by atoms with Crippen LogP contribution >= 0.6 is 11.3 Å². The molecule has 3 heterocycles. The summed E-state index contributed by atoms with van der Waals surface area (Å²) in [5.74, 6) is -1.69. The van der Waals surface area contributed by atoms with Crippen molar-refractivity contribution < 1.29 is 41.8 Å². The van der Waals surface area contributed by atoms with Crippen LogP contribution in [0.1, 0.15) is 81.9 Å². The second-order valence-electron chi connectivity index (χ2n) is 12.6. The average Bonchev–Trinajstić information content (AvgIpc) is 3.54. The van der Waals surface area contributed by atoms with Gasteiger partial charge in [-0.3, -0.25) is 9.59 Å². The standard InChI is InChI=1S/C29H34F4N4O5S/c1-26(2,3)16-11-15(12-17(13-16)28(6,41)29(31,32)33)21-20(24(38)37-9-7-18(30)8-10-37)34-23(43-21)22-36-35-19(42-22)14-27(4,5)25(39)40/h11-13,18,41H,7-10,14H2,1-6H3,(H,39,40). The molecular weight excluding hydrogens is 592 g/mol. The van der Waals surface area contributed by atoms with E-state index in [2.05, 4.69) is 15.2 Å². The number of amides is 1. The van der Waals surface area contributed by atoms with Crippen LogP contribution in [0.2, 0.25) is 0 Å². The summed E-state index contributed by atoms with van der Waals surface area (Å²) in [6, 6.07) is 4.12. The van der Waals surface area contributed by atoms with E-state index in [1.54, 1.807) is 6.07 Å². The Morgan fingerprint density at radius 1 is 1.02 bits per heavy atom. The van der Waals surface area contributed by atoms with E-state index in [4.69, 9.17) is 4.42 Å². The van der Waals surface area contributed by atoms with Gasteiger partial charge in [-0.05, 0) is 67.9 Å². The van der Waals surface area contributed by atoms with Gasteiger partial charge in [0.15, 0.2) is 10.6 Å². The second kappa shape index (κ2) is 11.3. The Hall–Kier alpha value is -3.39. The minimum absolute atomic E-state index is 0.0234. The number of hydrogen-bond donors (Lipinski definition) is 2. The van der Waals surface area contributed by atoms with Crippen LogP contribution in [0.25, 0.3) is 21.3 Å². The number of halogens is 4. The zero-order valence-corrected chi connectivity index (χ0v) is 25.5. The molecule has 1 fully saturated rings. The SMILES string of the molecule is CC(C)(Cc1nnc(-c2nc(C(=O)N3CCC(F)CC3)c(-c3cc(C(C)(C)C)cc(C(C)(O)C(F)(F)F)c3)s2)o1)C(=O)O. The molecule has 0 spiro atoms. The number of rotatable bonds is 7. The third-order valence-corrected chi connectivity index (χ3v) is 8.63. The van der Waals surface area contributed by atoms with Crippen molar-refractivity contribution in [3.63, 3.8) is 0 Å². The molecular formula is C29H34F4N4O5S. The zero-order chi connectivity index (χ0) is 32.1. The number of aromatic nitrogens is 3. The van der Waals surface area contributed by atoms with E-state index in [1.807, 2.05) is 20.8 Å². The molecule has 0 aliphatic carbocycles. The van der Waals surface area contributed by atoms with Crippen molar-refractivity contribution in [2.75, 3.05) is 13.1 Å². The van der Waals surface area contributed by atoms with Crippen molar-refractivity contribution in [1.82, 2.24) is 20.1 Å². The predicted molar refractivity (Wildman–Crippen MR) is 150 cm³/mol. The van der Waals surface area contributed by atoms with Gasteiger partial charge in [-0.2, -0.15) is 13.2 Å². The molecule has 1 aliphatic rings. The van der Waals surface area contributed by atoms with Gasteiger partial charge >= 0.3 is 12.1 Å². The number of benzene rings is 1. The first kappa shape index (κ1) is 32.5. The van der Waals surface area contributed by atoms with E-state index in [-0.39, 0.29) is 65.3 Å². The van der Waals surface area contributed by atoms with Crippen LogP contribution in [0.5, 0.6) is 0 Å². The van der Waals surface area contributed by atoms with E-state index >= 15 is 0 Å². The number of carbonyl (C=O) groups is 2. The normalized spacial score (nSPS) is 16.8. The minimum atomic E-state index is -4.99. The minimum Gasteiger partial charge on any atom is -0.481 e. The number of piperidine rings is 1. The number of likely N-dealkylation sites (tertiary alicyclic amines) is 1. The summed E-state index contributed by atoms with van der Waals surface area (Å²) < 4.78 is 61.4. The summed E-state index contributed by atoms with van der Waals surface area (Å²) in [4.78, 5) is 31.4. The van der Waals surface area contributed by atoms with Gasteiger partial charge in [0, 0.05) is 19.5 Å². The lowest BCUT2D eigenvalue weighted by atomic mass is 9.82. The van der Waals surface area contributed by atoms with E-state index in [9.17, 15) is 37.4 Å². The van der Waals surface area contributed by atoms with E-state index in [0.717, 1.165) is 11.3 Å². The molecule has 2 aromatic heterocycles. The maximum atomic E-state index is 13.9. The van der Waals surface area contributed by atoms with Crippen molar-refractivity contribution in [1.29, 1.82) is 0 Å². The van der Waals surface area contributed by atoms with Crippen LogP contribution in [-0.4, -0.2) is 67.6 Å². The second-order valence-corrected chi connectivity index (χ2v) is 13.6. The largest absolute Gasteiger partial charge is 0.481 e. The van der Waals surface area contributed by atoms with Crippen LogP contribution in [0, 0.1) is 5.41 Å². The first-order valence-corrected chi connectivity index (χ1v) is 14.5. The summed E-state index contributed by atoms with van der Waals surface area (Å²) >= 11 is 0.934. The molecule has 43 heavy (non-hydrogen) atoms. The Morgan fingerprint density at radius 3 is 2.19 bits per heavy atom. The van der Waals surface area contributed by atoms with Crippen LogP contribution < -0.4 is 0 Å². The lowest BCUT2D eigenvalue weighted by Crippen LogP contribution is -2.39. The highest BCUT2D eigenvalue weighted by molar-refractivity contribution is 7.18. The third kappa shape index (κ3) is 6.74. The van der Waals surface area contributed by atoms with Crippen molar-refractivity contribution in [2.24, 2.45) is 5.41 Å². The predicted octanol–water partition coefficient (Wildman–Crippen LogP) is 6.15. The number of carboxylic acids is 1. The molecule has 1 aliphatic heterocycles. The molecule has 4 rings (SSSR count). The topological polar surface area (TPSA) is 130 Å². The molecule has 14 heteroatoms. The number of aliphatic hydroxyl groups is 1. The quantitative estimate of drug-likeness (QED) is 0.299. The number of carboxylic acid groups (broad SMARTS) is 1. The molecule has 9 nitrogen and oxygen atoms in total. The highest BCUT2D eigenvalue weighted by atomic mass is 32.1. The fourth-order valence-electron chi connectivity index (χ4n) is 4.45. The van der Waals surface area contributed by atoms with Gasteiger partial charge in [0.1, 0.15) is 11.9 Å². The molecule has 1 unspecified atom stereocenters. The number of nitrogens with zero attached hydrogens (tertiary/aromatic N) is 4. The summed E-state index contributed by atoms with van der Waals surface area (Å²) in [5.41, 5.74) is -4.84. The first-order valence-electron chi connectivity index (χ1n) is 13.7. The Bertz CT molecular complexity index is 1520. The van der Waals surface area contributed by atoms with Crippen molar-refractivity contribution >= 4 is 23.2 Å². The molecule has 3 aromatic rings. The van der Waals surface area contributed by atoms with E-state index in [0.29, 0.717) is 12.5 Å². The number of carbonyl (C=O) groups excluding carboxylic acids is 1. The molecule has 1 aromatic carbocycles. The Labute approximate surface area is 250 Å². The monoisotopic (exact) mass is 626 g/mol. The maximum absolute atomic E-state index is 13.9. The van der Waals surface area contributed by atoms with Gasteiger partial charge in [0.05, 0.1) is 10.3 Å². The van der Waals surface area contributed by atoms with Crippen molar-refractivity contribution in [3.05, 3.63) is 40.9 Å². The van der Waals surface area contributed by atoms with Crippen LogP contribution in [0.15, 0.2) is 22.6 Å². The molecule has 234 valence electrons. The van der Waals surface area contributed by atoms with E-state index < -0.39 is 46.2 Å². The van der Waals surface area contributed by atoms with Crippen LogP contribution in [-0.2, 0) is 22.2 Å². The Morgan fingerprint density at radius 2 is 1.63 bits per heavy atom. The lowest BCUT2D eigenvalue weighted by Gasteiger charge is -2.30. The molecule has 0 bridgehead atoms. The van der Waals surface area contributed by atoms with Gasteiger partial charge in [-0.1, -0.05) is 26.8 Å². The van der Waals surface area contributed by atoms with Crippen molar-refractivity contribution in [3.8, 4) is 21.3 Å². The fourth-order valence-corrected chi connectivity index (χ4v) is 5.42. The number of thiazole rings is 1. The lowest BCUT2D eigenvalue weighted by molar-refractivity contribution is -0.258. The molecule has 1 amide bonds. The molecule has 2 N–H and O–H groups in total. The molecule has 1 saturated heterocycles. The smallest absolute Gasteiger partial charge is 0.421 e. The summed E-state index contributed by atoms with van der Waals surface area (Å²) in [5, 5.41) is 28.0. The molecule has 0 saturated carbocycles. The van der Waals surface area contributed by atoms with Gasteiger partial charge < -0.3 is 19.5 Å². The summed E-state index contributed by atoms with van der Waals surface area (Å²) in [6.07, 6.45) is -5.83. The average molecular weight is 627 g/mol. The maximum Gasteiger partial charge on any atom is 0.421 e. The third-order valence-electron chi connectivity index (χ3n) is 7.54. The number of aliphatic carboxylic acids is 1. The van der Waals surface area contributed by atoms with Crippen LogP contribution in [0.4, 0.5) is 17.6 Å². The zero-order valence-electron chi connectivity index (χ0n) is 24.7. The highest BCUT2D eigenvalue weighted by Gasteiger charge is 2.51. The van der Waals surface area contributed by atoms with Gasteiger partial charge in [0.25, 0.3) is 11.8 Å². The Kier molecular flexibility index (Phi) is 8.52. The van der Waals surface area contributed by atoms with Gasteiger partial charge in [0.2, 0.25) is 5.89 Å². The van der Waals surface area contributed by atoms with Crippen molar-refractivity contribution in [2.45, 2.75) is 84.2 Å². The summed E-state index contributed by atoms with van der Waals surface area (Å²) in [7, 11) is 0. The highest BCUT2D eigenvalue weighted by Crippen LogP contribution is 2.44. The Balaban J connectivity index is 1.88. The molecule has 1 atom stereocenters. The van der Waals surface area contributed by atoms with Crippen LogP contribution in [0.3, 0.4) is 0 Å². The number of hydrogen-bond acceptors (Lipinski definition) is 8. The van der Waals surface area contributed by atoms with Gasteiger partial charge in [-0.15, -0.1) is 21.5 Å². The first-order chi connectivity index (χ1) is 19.7. The fraction of sp³-hybridized carbons (Fsp3) is 0.552. The van der Waals surface area contributed by atoms with Gasteiger partial charge in [-0.25, -0.2) is 9.37 Å². The summed E-state index contributed by atoms with van der Waals surface area (Å²) in [6.45, 7) is 9.35. The molecule has 0 radical (unpaired) electrons.